The average molecular weight is 430 g/mol. The Bertz CT molecular complexity index is 977. The molecule has 0 amide bonds. The lowest BCUT2D eigenvalue weighted by Crippen LogP contribution is -2.42. The first-order valence-electron chi connectivity index (χ1n) is 10.1. The number of piperidine rings is 1. The van der Waals surface area contributed by atoms with E-state index in [4.69, 9.17) is 16.3 Å². The van der Waals surface area contributed by atoms with Crippen molar-refractivity contribution >= 4 is 50.3 Å². The van der Waals surface area contributed by atoms with Crippen molar-refractivity contribution in [2.45, 2.75) is 18.9 Å². The number of nitrogens with one attached hydrogen (secondary N) is 1. The van der Waals surface area contributed by atoms with Crippen LogP contribution in [0.25, 0.3) is 10.9 Å². The Morgan fingerprint density at radius 2 is 2.00 bits per heavy atom. The van der Waals surface area contributed by atoms with Crippen LogP contribution in [-0.2, 0) is 4.74 Å². The van der Waals surface area contributed by atoms with Gasteiger partial charge in [0.1, 0.15) is 5.82 Å². The predicted molar refractivity (Wildman–Crippen MR) is 121 cm³/mol. The van der Waals surface area contributed by atoms with Gasteiger partial charge in [-0.05, 0) is 60.2 Å². The number of halogens is 1. The third-order valence-electron chi connectivity index (χ3n) is 5.60. The zero-order chi connectivity index (χ0) is 19.6. The number of ether oxygens (including phenoxy) is 1. The fourth-order valence-corrected chi connectivity index (χ4v) is 5.05. The van der Waals surface area contributed by atoms with Crippen LogP contribution in [0, 0.1) is 0 Å². The molecular formula is C21H24ClN5OS. The van der Waals surface area contributed by atoms with E-state index in [1.807, 2.05) is 0 Å². The van der Waals surface area contributed by atoms with Gasteiger partial charge in [-0.2, -0.15) is 4.98 Å². The van der Waals surface area contributed by atoms with Gasteiger partial charge >= 0.3 is 0 Å². The molecule has 152 valence electrons. The van der Waals surface area contributed by atoms with Crippen LogP contribution in [0.15, 0.2) is 35.7 Å². The quantitative estimate of drug-likeness (QED) is 0.625. The molecule has 8 heteroatoms. The molecule has 1 N–H and O–H groups in total. The molecule has 1 atom stereocenters. The summed E-state index contributed by atoms with van der Waals surface area (Å²) in [6.07, 6.45) is 2.28. The fraction of sp³-hybridized carbons (Fsp3) is 0.429. The molecular weight excluding hydrogens is 406 g/mol. The van der Waals surface area contributed by atoms with Gasteiger partial charge in [-0.25, -0.2) is 4.98 Å². The van der Waals surface area contributed by atoms with E-state index in [0.29, 0.717) is 11.3 Å². The maximum Gasteiger partial charge on any atom is 0.224 e. The molecule has 0 radical (unpaired) electrons. The summed E-state index contributed by atoms with van der Waals surface area (Å²) in [6, 6.07) is 11.1. The lowest BCUT2D eigenvalue weighted by molar-refractivity contribution is 0.122. The molecule has 2 saturated heterocycles. The highest BCUT2D eigenvalue weighted by Gasteiger charge is 2.24. The maximum absolute atomic E-state index is 6.34. The third kappa shape index (κ3) is 4.13. The molecule has 3 aromatic rings. The molecule has 2 aromatic heterocycles. The number of benzene rings is 1. The first-order valence-corrected chi connectivity index (χ1v) is 11.4. The number of morpholine rings is 1. The van der Waals surface area contributed by atoms with Crippen LogP contribution in [0.5, 0.6) is 0 Å². The van der Waals surface area contributed by atoms with E-state index in [-0.39, 0.29) is 0 Å². The molecule has 29 heavy (non-hydrogen) atoms. The van der Waals surface area contributed by atoms with Crippen molar-refractivity contribution in [3.63, 3.8) is 0 Å². The summed E-state index contributed by atoms with van der Waals surface area (Å²) in [5, 5.41) is 8.35. The van der Waals surface area contributed by atoms with Crippen LogP contribution in [0.2, 0.25) is 5.28 Å². The summed E-state index contributed by atoms with van der Waals surface area (Å²) in [4.78, 5) is 13.8. The molecule has 0 saturated carbocycles. The summed E-state index contributed by atoms with van der Waals surface area (Å²) in [5.74, 6) is 0.936. The van der Waals surface area contributed by atoms with E-state index in [9.17, 15) is 0 Å². The van der Waals surface area contributed by atoms with Gasteiger partial charge in [0.25, 0.3) is 0 Å². The van der Waals surface area contributed by atoms with Crippen LogP contribution >= 0.6 is 22.9 Å². The molecule has 2 aliphatic rings. The topological polar surface area (TPSA) is 53.5 Å². The average Bonchev–Trinajstić information content (AvgIpc) is 3.26. The van der Waals surface area contributed by atoms with Gasteiger partial charge in [-0.1, -0.05) is 0 Å². The second kappa shape index (κ2) is 8.34. The monoisotopic (exact) mass is 429 g/mol. The molecule has 4 heterocycles. The Morgan fingerprint density at radius 3 is 2.83 bits per heavy atom. The minimum absolute atomic E-state index is 0.306. The van der Waals surface area contributed by atoms with Crippen LogP contribution in [0.4, 0.5) is 16.5 Å². The Kier molecular flexibility index (Phi) is 5.44. The highest BCUT2D eigenvalue weighted by atomic mass is 35.5. The van der Waals surface area contributed by atoms with E-state index in [0.717, 1.165) is 74.6 Å². The number of fused-ring (bicyclic) bond motifs is 1. The zero-order valence-corrected chi connectivity index (χ0v) is 17.8. The molecule has 1 aromatic carbocycles. The third-order valence-corrected chi connectivity index (χ3v) is 6.57. The maximum atomic E-state index is 6.34. The summed E-state index contributed by atoms with van der Waals surface area (Å²) in [7, 11) is 0. The smallest absolute Gasteiger partial charge is 0.224 e. The van der Waals surface area contributed by atoms with Gasteiger partial charge in [0.05, 0.1) is 23.7 Å². The minimum atomic E-state index is 0.306. The number of hydrogen-bond acceptors (Lipinski definition) is 7. The van der Waals surface area contributed by atoms with Crippen molar-refractivity contribution in [3.05, 3.63) is 41.0 Å². The van der Waals surface area contributed by atoms with Crippen LogP contribution in [-0.4, -0.2) is 55.4 Å². The molecule has 5 rings (SSSR count). The Balaban J connectivity index is 1.42. The van der Waals surface area contributed by atoms with E-state index in [1.54, 1.807) is 11.3 Å². The standard InChI is InChI=1S/C21H24ClN5OS/c22-21-24-18-13-16(26-8-10-28-11-9-26)5-6-17(18)20(25-21)27-7-1-3-15(14-27)23-19-4-2-12-29-19/h2,4-6,12-13,15,23H,1,3,7-11,14H2. The van der Waals surface area contributed by atoms with Gasteiger partial charge in [-0.3, -0.25) is 0 Å². The van der Waals surface area contributed by atoms with E-state index in [1.165, 1.54) is 5.00 Å². The molecule has 6 nitrogen and oxygen atoms in total. The second-order valence-corrected chi connectivity index (χ2v) is 8.81. The molecule has 2 fully saturated rings. The van der Waals surface area contributed by atoms with Gasteiger partial charge in [-0.15, -0.1) is 11.3 Å². The Morgan fingerprint density at radius 1 is 1.10 bits per heavy atom. The highest BCUT2D eigenvalue weighted by molar-refractivity contribution is 7.14. The van der Waals surface area contributed by atoms with Crippen LogP contribution < -0.4 is 15.1 Å². The van der Waals surface area contributed by atoms with Gasteiger partial charge in [0.15, 0.2) is 0 Å². The Hall–Kier alpha value is -2.09. The van der Waals surface area contributed by atoms with Crippen molar-refractivity contribution in [1.29, 1.82) is 0 Å². The van der Waals surface area contributed by atoms with Crippen molar-refractivity contribution in [2.75, 3.05) is 54.5 Å². The summed E-state index contributed by atoms with van der Waals surface area (Å²) >= 11 is 8.08. The Labute approximate surface area is 179 Å². The van der Waals surface area contributed by atoms with Crippen LogP contribution in [0.1, 0.15) is 12.8 Å². The molecule has 2 aliphatic heterocycles. The van der Waals surface area contributed by atoms with E-state index in [2.05, 4.69) is 60.8 Å². The van der Waals surface area contributed by atoms with Gasteiger partial charge in [0, 0.05) is 43.3 Å². The largest absolute Gasteiger partial charge is 0.378 e. The summed E-state index contributed by atoms with van der Waals surface area (Å²) in [5.41, 5.74) is 2.06. The van der Waals surface area contributed by atoms with Crippen molar-refractivity contribution in [1.82, 2.24) is 9.97 Å². The molecule has 0 bridgehead atoms. The highest BCUT2D eigenvalue weighted by Crippen LogP contribution is 2.31. The van der Waals surface area contributed by atoms with Crippen LogP contribution in [0.3, 0.4) is 0 Å². The normalized spacial score (nSPS) is 20.2. The van der Waals surface area contributed by atoms with Crippen molar-refractivity contribution < 1.29 is 4.74 Å². The number of aromatic nitrogens is 2. The van der Waals surface area contributed by atoms with E-state index < -0.39 is 0 Å². The van der Waals surface area contributed by atoms with E-state index >= 15 is 0 Å². The number of nitrogens with zero attached hydrogens (tertiary/aromatic N) is 4. The summed E-state index contributed by atoms with van der Waals surface area (Å²) in [6.45, 7) is 5.22. The first kappa shape index (κ1) is 18.9. The molecule has 1 unspecified atom stereocenters. The summed E-state index contributed by atoms with van der Waals surface area (Å²) < 4.78 is 5.47. The molecule has 0 spiro atoms. The second-order valence-electron chi connectivity index (χ2n) is 7.52. The minimum Gasteiger partial charge on any atom is -0.378 e. The van der Waals surface area contributed by atoms with Crippen molar-refractivity contribution in [3.8, 4) is 0 Å². The number of rotatable bonds is 4. The van der Waals surface area contributed by atoms with Gasteiger partial charge in [0.2, 0.25) is 5.28 Å². The fourth-order valence-electron chi connectivity index (χ4n) is 4.18. The number of thiophene rings is 1. The number of hydrogen-bond donors (Lipinski definition) is 1. The number of anilines is 3. The van der Waals surface area contributed by atoms with Crippen molar-refractivity contribution in [2.24, 2.45) is 0 Å². The molecule has 0 aliphatic carbocycles. The van der Waals surface area contributed by atoms with Gasteiger partial charge < -0.3 is 19.9 Å². The predicted octanol–water partition coefficient (Wildman–Crippen LogP) is 4.26. The lowest BCUT2D eigenvalue weighted by Gasteiger charge is -2.35. The zero-order valence-electron chi connectivity index (χ0n) is 16.2. The lowest BCUT2D eigenvalue weighted by atomic mass is 10.0. The SMILES string of the molecule is Clc1nc(N2CCCC(Nc3cccs3)C2)c2ccc(N3CCOCC3)cc2n1. The first-order chi connectivity index (χ1) is 14.3.